The van der Waals surface area contributed by atoms with Crippen molar-refractivity contribution >= 4 is 5.97 Å². The molecule has 0 fully saturated rings. The second-order valence-corrected chi connectivity index (χ2v) is 2.87. The topological polar surface area (TPSA) is 79.6 Å². The van der Waals surface area contributed by atoms with Gasteiger partial charge in [-0.15, -0.1) is 0 Å². The molecule has 0 radical (unpaired) electrons. The maximum atomic E-state index is 11.5. The van der Waals surface area contributed by atoms with Crippen molar-refractivity contribution in [2.24, 2.45) is 0 Å². The Kier molecular flexibility index (Phi) is 3.72. The molecule has 1 aromatic rings. The smallest absolute Gasteiger partial charge is 0.339 e. The number of phenols is 1. The summed E-state index contributed by atoms with van der Waals surface area (Å²) in [7, 11) is 1.36. The molecule has 0 aliphatic rings. The van der Waals surface area contributed by atoms with Gasteiger partial charge in [-0.05, 0) is 19.1 Å². The molecule has 16 heavy (non-hydrogen) atoms. The summed E-state index contributed by atoms with van der Waals surface area (Å²) in [6.07, 6.45) is 0. The van der Waals surface area contributed by atoms with Gasteiger partial charge in [-0.2, -0.15) is 5.26 Å². The van der Waals surface area contributed by atoms with E-state index in [1.807, 2.05) is 0 Å². The molecule has 0 saturated carbocycles. The van der Waals surface area contributed by atoms with Crippen LogP contribution >= 0.6 is 0 Å². The standard InChI is InChI=1S/C11H11NO4/c1-3-16-11(14)7-4-5-9(15-2)10(13)8(7)6-12/h4-5,13H,3H2,1-2H3. The van der Waals surface area contributed by atoms with E-state index in [1.54, 1.807) is 13.0 Å². The minimum atomic E-state index is -0.642. The lowest BCUT2D eigenvalue weighted by molar-refractivity contribution is 0.0525. The molecular weight excluding hydrogens is 210 g/mol. The number of nitriles is 1. The minimum absolute atomic E-state index is 0.0302. The van der Waals surface area contributed by atoms with Gasteiger partial charge in [0.05, 0.1) is 19.3 Å². The van der Waals surface area contributed by atoms with Gasteiger partial charge in [-0.3, -0.25) is 0 Å². The Bertz CT molecular complexity index is 448. The molecule has 0 saturated heterocycles. The zero-order chi connectivity index (χ0) is 12.1. The van der Waals surface area contributed by atoms with E-state index in [1.165, 1.54) is 19.2 Å². The molecule has 0 atom stereocenters. The summed E-state index contributed by atoms with van der Waals surface area (Å²) < 4.78 is 9.59. The summed E-state index contributed by atoms with van der Waals surface area (Å²) in [5, 5.41) is 18.5. The highest BCUT2D eigenvalue weighted by atomic mass is 16.5. The highest BCUT2D eigenvalue weighted by Crippen LogP contribution is 2.31. The second-order valence-electron chi connectivity index (χ2n) is 2.87. The molecule has 0 aliphatic carbocycles. The summed E-state index contributed by atoms with van der Waals surface area (Å²) in [4.78, 5) is 11.5. The van der Waals surface area contributed by atoms with E-state index in [2.05, 4.69) is 0 Å². The van der Waals surface area contributed by atoms with Crippen molar-refractivity contribution in [3.8, 4) is 17.6 Å². The van der Waals surface area contributed by atoms with Crippen LogP contribution < -0.4 is 4.74 Å². The molecule has 1 rings (SSSR count). The van der Waals surface area contributed by atoms with Gasteiger partial charge in [0.2, 0.25) is 0 Å². The zero-order valence-corrected chi connectivity index (χ0v) is 8.98. The number of aromatic hydroxyl groups is 1. The lowest BCUT2D eigenvalue weighted by Crippen LogP contribution is -2.07. The van der Waals surface area contributed by atoms with Crippen molar-refractivity contribution in [2.45, 2.75) is 6.92 Å². The van der Waals surface area contributed by atoms with Gasteiger partial charge < -0.3 is 14.6 Å². The maximum Gasteiger partial charge on any atom is 0.339 e. The van der Waals surface area contributed by atoms with E-state index in [9.17, 15) is 9.90 Å². The van der Waals surface area contributed by atoms with Crippen LogP contribution in [0.2, 0.25) is 0 Å². The first-order chi connectivity index (χ1) is 7.65. The Labute approximate surface area is 92.8 Å². The Balaban J connectivity index is 3.27. The summed E-state index contributed by atoms with van der Waals surface area (Å²) in [5.74, 6) is -0.850. The van der Waals surface area contributed by atoms with E-state index < -0.39 is 5.97 Å². The van der Waals surface area contributed by atoms with Gasteiger partial charge >= 0.3 is 5.97 Å². The van der Waals surface area contributed by atoms with Gasteiger partial charge in [0.25, 0.3) is 0 Å². The average molecular weight is 221 g/mol. The normalized spacial score (nSPS) is 9.31. The molecule has 0 unspecified atom stereocenters. The number of rotatable bonds is 3. The predicted octanol–water partition coefficient (Wildman–Crippen LogP) is 1.45. The quantitative estimate of drug-likeness (QED) is 0.781. The van der Waals surface area contributed by atoms with Crippen LogP contribution in [-0.2, 0) is 4.74 Å². The Hall–Kier alpha value is -2.22. The molecule has 1 aromatic carbocycles. The van der Waals surface area contributed by atoms with Crippen LogP contribution in [0.15, 0.2) is 12.1 Å². The van der Waals surface area contributed by atoms with Crippen LogP contribution in [0.4, 0.5) is 0 Å². The number of methoxy groups -OCH3 is 1. The highest BCUT2D eigenvalue weighted by molar-refractivity contribution is 5.93. The molecule has 84 valence electrons. The molecule has 0 heterocycles. The molecule has 0 spiro atoms. The van der Waals surface area contributed by atoms with Crippen molar-refractivity contribution in [3.63, 3.8) is 0 Å². The van der Waals surface area contributed by atoms with Crippen molar-refractivity contribution in [3.05, 3.63) is 23.3 Å². The highest BCUT2D eigenvalue weighted by Gasteiger charge is 2.18. The van der Waals surface area contributed by atoms with Crippen LogP contribution in [-0.4, -0.2) is 24.8 Å². The largest absolute Gasteiger partial charge is 0.503 e. The SMILES string of the molecule is CCOC(=O)c1ccc(OC)c(O)c1C#N. The fraction of sp³-hybridized carbons (Fsp3) is 0.273. The molecule has 5 heteroatoms. The fourth-order valence-electron chi connectivity index (χ4n) is 1.23. The van der Waals surface area contributed by atoms with Crippen LogP contribution in [0, 0.1) is 11.3 Å². The number of hydrogen-bond acceptors (Lipinski definition) is 5. The summed E-state index contributed by atoms with van der Waals surface area (Å²) >= 11 is 0. The van der Waals surface area contributed by atoms with Crippen LogP contribution in [0.25, 0.3) is 0 Å². The third kappa shape index (κ3) is 2.06. The Morgan fingerprint density at radius 3 is 2.75 bits per heavy atom. The number of nitrogens with zero attached hydrogens (tertiary/aromatic N) is 1. The van der Waals surface area contributed by atoms with Gasteiger partial charge in [0, 0.05) is 0 Å². The summed E-state index contributed by atoms with van der Waals surface area (Å²) in [6, 6.07) is 4.54. The molecule has 0 amide bonds. The van der Waals surface area contributed by atoms with Gasteiger partial charge in [0.1, 0.15) is 11.6 Å². The van der Waals surface area contributed by atoms with E-state index in [0.717, 1.165) is 0 Å². The first-order valence-corrected chi connectivity index (χ1v) is 4.62. The lowest BCUT2D eigenvalue weighted by Gasteiger charge is -2.08. The number of phenolic OH excluding ortho intramolecular Hbond substituents is 1. The molecule has 0 aromatic heterocycles. The number of carbonyl (C=O) groups excluding carboxylic acids is 1. The summed E-state index contributed by atoms with van der Waals surface area (Å²) in [6.45, 7) is 1.86. The molecule has 0 bridgehead atoms. The van der Waals surface area contributed by atoms with Crippen LogP contribution in [0.3, 0.4) is 0 Å². The first-order valence-electron chi connectivity index (χ1n) is 4.62. The third-order valence-electron chi connectivity index (χ3n) is 1.97. The second kappa shape index (κ2) is 5.03. The number of ether oxygens (including phenoxy) is 2. The van der Waals surface area contributed by atoms with Crippen molar-refractivity contribution < 1.29 is 19.4 Å². The van der Waals surface area contributed by atoms with Crippen LogP contribution in [0.1, 0.15) is 22.8 Å². The van der Waals surface area contributed by atoms with Crippen molar-refractivity contribution in [1.29, 1.82) is 5.26 Å². The predicted molar refractivity (Wildman–Crippen MR) is 55.3 cm³/mol. The number of benzene rings is 1. The average Bonchev–Trinajstić information content (AvgIpc) is 2.28. The molecular formula is C11H11NO4. The number of carbonyl (C=O) groups is 1. The van der Waals surface area contributed by atoms with Gasteiger partial charge in [-0.25, -0.2) is 4.79 Å². The monoisotopic (exact) mass is 221 g/mol. The van der Waals surface area contributed by atoms with Gasteiger partial charge in [0.15, 0.2) is 11.5 Å². The Morgan fingerprint density at radius 1 is 1.56 bits per heavy atom. The molecule has 1 N–H and O–H groups in total. The Morgan fingerprint density at radius 2 is 2.25 bits per heavy atom. The lowest BCUT2D eigenvalue weighted by atomic mass is 10.1. The fourth-order valence-corrected chi connectivity index (χ4v) is 1.23. The number of esters is 1. The third-order valence-corrected chi connectivity index (χ3v) is 1.97. The molecule has 0 aliphatic heterocycles. The maximum absolute atomic E-state index is 11.5. The summed E-state index contributed by atoms with van der Waals surface area (Å²) in [5.41, 5.74) is -0.111. The zero-order valence-electron chi connectivity index (χ0n) is 8.98. The van der Waals surface area contributed by atoms with E-state index in [4.69, 9.17) is 14.7 Å². The van der Waals surface area contributed by atoms with E-state index in [-0.39, 0.29) is 29.2 Å². The van der Waals surface area contributed by atoms with Gasteiger partial charge in [-0.1, -0.05) is 0 Å². The van der Waals surface area contributed by atoms with Crippen molar-refractivity contribution in [2.75, 3.05) is 13.7 Å². The minimum Gasteiger partial charge on any atom is -0.503 e. The van der Waals surface area contributed by atoms with E-state index >= 15 is 0 Å². The number of hydrogen-bond donors (Lipinski definition) is 1. The van der Waals surface area contributed by atoms with E-state index in [0.29, 0.717) is 0 Å². The first kappa shape index (κ1) is 11.9. The van der Waals surface area contributed by atoms with Crippen molar-refractivity contribution in [1.82, 2.24) is 0 Å². The van der Waals surface area contributed by atoms with Crippen LogP contribution in [0.5, 0.6) is 11.5 Å². The molecule has 5 nitrogen and oxygen atoms in total.